The van der Waals surface area contributed by atoms with Gasteiger partial charge in [-0.3, -0.25) is 4.79 Å². The van der Waals surface area contributed by atoms with Crippen LogP contribution >= 0.6 is 11.6 Å². The second-order valence-electron chi connectivity index (χ2n) is 2.50. The maximum atomic E-state index is 10.9. The third kappa shape index (κ3) is 5.38. The van der Waals surface area contributed by atoms with Crippen molar-refractivity contribution in [2.75, 3.05) is 32.7 Å². The average molecular weight is 194 g/mol. The van der Waals surface area contributed by atoms with Crippen molar-refractivity contribution >= 4 is 17.5 Å². The average Bonchev–Trinajstić information content (AvgIpc) is 2.10. The fraction of sp³-hybridized carbons (Fsp3) is 0.875. The molecular weight excluding hydrogens is 178 g/mol. The van der Waals surface area contributed by atoms with Gasteiger partial charge in [-0.2, -0.15) is 0 Å². The fourth-order valence-corrected chi connectivity index (χ4v) is 0.979. The Morgan fingerprint density at radius 1 is 1.58 bits per heavy atom. The molecule has 0 aliphatic heterocycles. The zero-order valence-electron chi connectivity index (χ0n) is 7.68. The van der Waals surface area contributed by atoms with Gasteiger partial charge in [0.1, 0.15) is 5.88 Å². The minimum absolute atomic E-state index is 0.0341. The van der Waals surface area contributed by atoms with Crippen LogP contribution in [0.2, 0.25) is 0 Å². The zero-order valence-corrected chi connectivity index (χ0v) is 8.43. The highest BCUT2D eigenvalue weighted by atomic mass is 35.5. The van der Waals surface area contributed by atoms with E-state index >= 15 is 0 Å². The standard InChI is InChI=1S/C8H16ClNO2/c1-3-12-6-4-5-10(2)8(11)7-9/h3-7H2,1-2H3. The summed E-state index contributed by atoms with van der Waals surface area (Å²) in [4.78, 5) is 12.5. The van der Waals surface area contributed by atoms with Crippen LogP contribution in [0.5, 0.6) is 0 Å². The molecule has 0 rings (SSSR count). The van der Waals surface area contributed by atoms with Gasteiger partial charge in [-0.15, -0.1) is 11.6 Å². The van der Waals surface area contributed by atoms with Crippen LogP contribution in [0.1, 0.15) is 13.3 Å². The predicted molar refractivity (Wildman–Crippen MR) is 49.5 cm³/mol. The lowest BCUT2D eigenvalue weighted by Gasteiger charge is -2.14. The van der Waals surface area contributed by atoms with Crippen molar-refractivity contribution in [2.24, 2.45) is 0 Å². The van der Waals surface area contributed by atoms with Gasteiger partial charge in [0.05, 0.1) is 0 Å². The predicted octanol–water partition coefficient (Wildman–Crippen LogP) is 1.11. The first-order valence-electron chi connectivity index (χ1n) is 4.10. The smallest absolute Gasteiger partial charge is 0.237 e. The molecule has 0 unspecified atom stereocenters. The maximum absolute atomic E-state index is 10.9. The molecule has 0 N–H and O–H groups in total. The first-order chi connectivity index (χ1) is 5.72. The van der Waals surface area contributed by atoms with Gasteiger partial charge in [0, 0.05) is 26.8 Å². The number of amides is 1. The first kappa shape index (κ1) is 11.7. The molecule has 0 aliphatic rings. The lowest BCUT2D eigenvalue weighted by Crippen LogP contribution is -2.29. The fourth-order valence-electron chi connectivity index (χ4n) is 0.775. The van der Waals surface area contributed by atoms with Gasteiger partial charge >= 0.3 is 0 Å². The van der Waals surface area contributed by atoms with E-state index in [1.54, 1.807) is 11.9 Å². The second-order valence-corrected chi connectivity index (χ2v) is 2.77. The summed E-state index contributed by atoms with van der Waals surface area (Å²) in [6, 6.07) is 0. The summed E-state index contributed by atoms with van der Waals surface area (Å²) in [5.41, 5.74) is 0. The summed E-state index contributed by atoms with van der Waals surface area (Å²) in [6.45, 7) is 4.10. The van der Waals surface area contributed by atoms with Crippen LogP contribution in [0.3, 0.4) is 0 Å². The van der Waals surface area contributed by atoms with Crippen molar-refractivity contribution in [2.45, 2.75) is 13.3 Å². The topological polar surface area (TPSA) is 29.5 Å². The number of hydrogen-bond donors (Lipinski definition) is 0. The Labute approximate surface area is 78.6 Å². The molecule has 0 heterocycles. The highest BCUT2D eigenvalue weighted by Gasteiger charge is 2.04. The van der Waals surface area contributed by atoms with Crippen molar-refractivity contribution in [3.05, 3.63) is 0 Å². The Morgan fingerprint density at radius 3 is 2.75 bits per heavy atom. The quantitative estimate of drug-likeness (QED) is 0.467. The van der Waals surface area contributed by atoms with Gasteiger partial charge < -0.3 is 9.64 Å². The van der Waals surface area contributed by atoms with Gasteiger partial charge in [-0.25, -0.2) is 0 Å². The van der Waals surface area contributed by atoms with E-state index in [0.717, 1.165) is 13.0 Å². The number of rotatable bonds is 6. The Balaban J connectivity index is 3.31. The minimum Gasteiger partial charge on any atom is -0.382 e. The minimum atomic E-state index is -0.0341. The number of halogens is 1. The van der Waals surface area contributed by atoms with E-state index in [-0.39, 0.29) is 11.8 Å². The normalized spacial score (nSPS) is 9.92. The van der Waals surface area contributed by atoms with Crippen molar-refractivity contribution in [3.63, 3.8) is 0 Å². The van der Waals surface area contributed by atoms with Crippen molar-refractivity contribution in [3.8, 4) is 0 Å². The van der Waals surface area contributed by atoms with Crippen LogP contribution in [0.4, 0.5) is 0 Å². The van der Waals surface area contributed by atoms with Gasteiger partial charge in [-0.1, -0.05) is 0 Å². The molecular formula is C8H16ClNO2. The van der Waals surface area contributed by atoms with Crippen molar-refractivity contribution in [1.29, 1.82) is 0 Å². The molecule has 0 spiro atoms. The van der Waals surface area contributed by atoms with Gasteiger partial charge in [0.25, 0.3) is 0 Å². The van der Waals surface area contributed by atoms with Crippen LogP contribution in [0, 0.1) is 0 Å². The Hall–Kier alpha value is -0.280. The SMILES string of the molecule is CCOCCCN(C)C(=O)CCl. The van der Waals surface area contributed by atoms with E-state index in [0.29, 0.717) is 13.2 Å². The molecule has 0 aromatic heterocycles. The molecule has 4 heteroatoms. The molecule has 0 fully saturated rings. The van der Waals surface area contributed by atoms with E-state index in [9.17, 15) is 4.79 Å². The molecule has 3 nitrogen and oxygen atoms in total. The number of hydrogen-bond acceptors (Lipinski definition) is 2. The Morgan fingerprint density at radius 2 is 2.25 bits per heavy atom. The maximum Gasteiger partial charge on any atom is 0.237 e. The molecule has 0 bridgehead atoms. The van der Waals surface area contributed by atoms with Crippen LogP contribution < -0.4 is 0 Å². The number of nitrogens with zero attached hydrogens (tertiary/aromatic N) is 1. The van der Waals surface area contributed by atoms with E-state index in [2.05, 4.69) is 0 Å². The summed E-state index contributed by atoms with van der Waals surface area (Å²) in [5, 5.41) is 0. The molecule has 0 radical (unpaired) electrons. The molecule has 72 valence electrons. The second kappa shape index (κ2) is 7.37. The van der Waals surface area contributed by atoms with E-state index in [1.165, 1.54) is 0 Å². The molecule has 0 aromatic carbocycles. The summed E-state index contributed by atoms with van der Waals surface area (Å²) in [6.07, 6.45) is 0.868. The summed E-state index contributed by atoms with van der Waals surface area (Å²) in [7, 11) is 1.75. The lowest BCUT2D eigenvalue weighted by atomic mass is 10.4. The third-order valence-corrected chi connectivity index (χ3v) is 1.76. The Kier molecular flexibility index (Phi) is 7.20. The van der Waals surface area contributed by atoms with Crippen LogP contribution in [0.15, 0.2) is 0 Å². The highest BCUT2D eigenvalue weighted by molar-refractivity contribution is 6.27. The van der Waals surface area contributed by atoms with Gasteiger partial charge in [0.15, 0.2) is 0 Å². The molecule has 0 saturated heterocycles. The number of alkyl halides is 1. The third-order valence-electron chi connectivity index (χ3n) is 1.53. The summed E-state index contributed by atoms with van der Waals surface area (Å²) >= 11 is 5.36. The Bertz CT molecular complexity index is 130. The first-order valence-corrected chi connectivity index (χ1v) is 4.63. The lowest BCUT2D eigenvalue weighted by molar-refractivity contribution is -0.127. The molecule has 0 aliphatic carbocycles. The number of ether oxygens (including phenoxy) is 1. The molecule has 0 saturated carbocycles. The largest absolute Gasteiger partial charge is 0.382 e. The number of carbonyl (C=O) groups is 1. The van der Waals surface area contributed by atoms with Crippen molar-refractivity contribution in [1.82, 2.24) is 4.90 Å². The molecule has 0 atom stereocenters. The summed E-state index contributed by atoms with van der Waals surface area (Å²) in [5.74, 6) is 0.0265. The van der Waals surface area contributed by atoms with Gasteiger partial charge in [0.2, 0.25) is 5.91 Å². The van der Waals surface area contributed by atoms with E-state index in [1.807, 2.05) is 6.92 Å². The summed E-state index contributed by atoms with van der Waals surface area (Å²) < 4.78 is 5.13. The van der Waals surface area contributed by atoms with E-state index < -0.39 is 0 Å². The highest BCUT2D eigenvalue weighted by Crippen LogP contribution is 1.91. The number of carbonyl (C=O) groups excluding carboxylic acids is 1. The van der Waals surface area contributed by atoms with Gasteiger partial charge in [-0.05, 0) is 13.3 Å². The van der Waals surface area contributed by atoms with E-state index in [4.69, 9.17) is 16.3 Å². The van der Waals surface area contributed by atoms with Crippen LogP contribution in [-0.4, -0.2) is 43.5 Å². The van der Waals surface area contributed by atoms with Crippen LogP contribution in [-0.2, 0) is 9.53 Å². The zero-order chi connectivity index (χ0) is 9.40. The monoisotopic (exact) mass is 193 g/mol. The van der Waals surface area contributed by atoms with Crippen LogP contribution in [0.25, 0.3) is 0 Å². The molecule has 12 heavy (non-hydrogen) atoms. The van der Waals surface area contributed by atoms with Crippen molar-refractivity contribution < 1.29 is 9.53 Å². The molecule has 1 amide bonds. The molecule has 0 aromatic rings.